The van der Waals surface area contributed by atoms with Crippen molar-refractivity contribution in [3.63, 3.8) is 0 Å². The van der Waals surface area contributed by atoms with Gasteiger partial charge in [-0.15, -0.1) is 11.6 Å². The van der Waals surface area contributed by atoms with Crippen LogP contribution in [0.25, 0.3) is 0 Å². The molecular formula is C12H16Cl2O2S. The van der Waals surface area contributed by atoms with E-state index in [1.807, 2.05) is 0 Å². The number of benzene rings is 1. The molecular weight excluding hydrogens is 279 g/mol. The summed E-state index contributed by atoms with van der Waals surface area (Å²) in [6.45, 7) is 0. The molecule has 5 heteroatoms. The Morgan fingerprint density at radius 3 is 2.24 bits per heavy atom. The van der Waals surface area contributed by atoms with Crippen LogP contribution in [-0.2, 0) is 15.6 Å². The molecule has 0 amide bonds. The van der Waals surface area contributed by atoms with E-state index in [1.54, 1.807) is 24.3 Å². The van der Waals surface area contributed by atoms with Crippen molar-refractivity contribution in [2.75, 3.05) is 11.6 Å². The molecule has 0 N–H and O–H groups in total. The molecule has 1 rings (SSSR count). The molecule has 0 radical (unpaired) electrons. The number of unbranched alkanes of at least 4 members (excludes halogenated alkanes) is 2. The second-order valence-corrected chi connectivity index (χ2v) is 6.97. The normalized spacial score (nSPS) is 11.6. The standard InChI is InChI=1S/C12H16Cl2O2S/c13-8-2-1-3-9-17(15,16)10-11-4-6-12(14)7-5-11/h4-7H,1-3,8-10H2. The Morgan fingerprint density at radius 1 is 1.00 bits per heavy atom. The predicted molar refractivity (Wildman–Crippen MR) is 73.5 cm³/mol. The molecule has 0 fully saturated rings. The first kappa shape index (κ1) is 14.8. The SMILES string of the molecule is O=S(=O)(CCCCCCl)Cc1ccc(Cl)cc1. The van der Waals surface area contributed by atoms with Gasteiger partial charge in [-0.05, 0) is 30.5 Å². The quantitative estimate of drug-likeness (QED) is 0.568. The Labute approximate surface area is 113 Å². The van der Waals surface area contributed by atoms with Gasteiger partial charge in [0.1, 0.15) is 0 Å². The highest BCUT2D eigenvalue weighted by Gasteiger charge is 2.11. The van der Waals surface area contributed by atoms with Gasteiger partial charge in [-0.1, -0.05) is 30.2 Å². The van der Waals surface area contributed by atoms with Crippen molar-refractivity contribution >= 4 is 33.0 Å². The topological polar surface area (TPSA) is 34.1 Å². The summed E-state index contributed by atoms with van der Waals surface area (Å²) in [5, 5.41) is 0.619. The molecule has 0 spiro atoms. The van der Waals surface area contributed by atoms with Gasteiger partial charge in [0.05, 0.1) is 11.5 Å². The number of hydrogen-bond acceptors (Lipinski definition) is 2. The largest absolute Gasteiger partial charge is 0.228 e. The molecule has 0 unspecified atom stereocenters. The van der Waals surface area contributed by atoms with Crippen LogP contribution < -0.4 is 0 Å². The summed E-state index contributed by atoms with van der Waals surface area (Å²) in [5.41, 5.74) is 0.784. The maximum absolute atomic E-state index is 11.8. The fourth-order valence-corrected chi connectivity index (χ4v) is 3.30. The van der Waals surface area contributed by atoms with Crippen LogP contribution in [0.2, 0.25) is 5.02 Å². The minimum Gasteiger partial charge on any atom is -0.228 e. The van der Waals surface area contributed by atoms with E-state index < -0.39 is 9.84 Å². The first-order valence-corrected chi connectivity index (χ1v) is 8.28. The fraction of sp³-hybridized carbons (Fsp3) is 0.500. The Kier molecular flexibility index (Phi) is 6.31. The lowest BCUT2D eigenvalue weighted by atomic mass is 10.2. The van der Waals surface area contributed by atoms with Crippen molar-refractivity contribution in [1.82, 2.24) is 0 Å². The zero-order chi connectivity index (χ0) is 12.7. The predicted octanol–water partition coefficient (Wildman–Crippen LogP) is 3.66. The smallest absolute Gasteiger partial charge is 0.154 e. The van der Waals surface area contributed by atoms with Gasteiger partial charge >= 0.3 is 0 Å². The third-order valence-electron chi connectivity index (χ3n) is 2.39. The molecule has 0 bridgehead atoms. The van der Waals surface area contributed by atoms with Gasteiger partial charge in [-0.3, -0.25) is 0 Å². The highest BCUT2D eigenvalue weighted by molar-refractivity contribution is 7.90. The van der Waals surface area contributed by atoms with E-state index in [9.17, 15) is 8.42 Å². The van der Waals surface area contributed by atoms with Crippen LogP contribution in [0.4, 0.5) is 0 Å². The number of rotatable bonds is 7. The Balaban J connectivity index is 2.46. The number of hydrogen-bond donors (Lipinski definition) is 0. The van der Waals surface area contributed by atoms with E-state index in [2.05, 4.69) is 0 Å². The number of halogens is 2. The highest BCUT2D eigenvalue weighted by atomic mass is 35.5. The Hall–Kier alpha value is -0.250. The van der Waals surface area contributed by atoms with Gasteiger partial charge in [-0.2, -0.15) is 0 Å². The van der Waals surface area contributed by atoms with Crippen LogP contribution in [0.1, 0.15) is 24.8 Å². The van der Waals surface area contributed by atoms with Gasteiger partial charge in [0.15, 0.2) is 9.84 Å². The first-order valence-electron chi connectivity index (χ1n) is 5.54. The van der Waals surface area contributed by atoms with Crippen molar-refractivity contribution in [3.05, 3.63) is 34.9 Å². The average molecular weight is 295 g/mol. The average Bonchev–Trinajstić information content (AvgIpc) is 2.27. The lowest BCUT2D eigenvalue weighted by Gasteiger charge is -2.04. The van der Waals surface area contributed by atoms with Gasteiger partial charge < -0.3 is 0 Å². The minimum atomic E-state index is -3.01. The summed E-state index contributed by atoms with van der Waals surface area (Å²) < 4.78 is 23.6. The van der Waals surface area contributed by atoms with Crippen LogP contribution in [0.15, 0.2) is 24.3 Å². The molecule has 17 heavy (non-hydrogen) atoms. The summed E-state index contributed by atoms with van der Waals surface area (Å²) >= 11 is 11.3. The maximum Gasteiger partial charge on any atom is 0.154 e. The van der Waals surface area contributed by atoms with Gasteiger partial charge in [-0.25, -0.2) is 8.42 Å². The van der Waals surface area contributed by atoms with Crippen LogP contribution in [0.3, 0.4) is 0 Å². The number of alkyl halides is 1. The second-order valence-electron chi connectivity index (χ2n) is 3.97. The first-order chi connectivity index (χ1) is 8.03. The molecule has 0 saturated heterocycles. The third kappa shape index (κ3) is 6.29. The van der Waals surface area contributed by atoms with Crippen molar-refractivity contribution in [3.8, 4) is 0 Å². The summed E-state index contributed by atoms with van der Waals surface area (Å²) in [7, 11) is -3.01. The molecule has 0 aliphatic heterocycles. The van der Waals surface area contributed by atoms with Crippen LogP contribution in [0.5, 0.6) is 0 Å². The molecule has 0 atom stereocenters. The monoisotopic (exact) mass is 294 g/mol. The van der Waals surface area contributed by atoms with Crippen molar-refractivity contribution < 1.29 is 8.42 Å². The van der Waals surface area contributed by atoms with Crippen LogP contribution in [0, 0.1) is 0 Å². The zero-order valence-corrected chi connectivity index (χ0v) is 11.9. The molecule has 0 saturated carbocycles. The molecule has 0 aliphatic rings. The van der Waals surface area contributed by atoms with E-state index in [-0.39, 0.29) is 11.5 Å². The van der Waals surface area contributed by atoms with Crippen LogP contribution in [-0.4, -0.2) is 20.1 Å². The van der Waals surface area contributed by atoms with E-state index >= 15 is 0 Å². The third-order valence-corrected chi connectivity index (χ3v) is 4.59. The summed E-state index contributed by atoms with van der Waals surface area (Å²) in [6, 6.07) is 6.91. The van der Waals surface area contributed by atoms with Crippen molar-refractivity contribution in [2.45, 2.75) is 25.0 Å². The summed E-state index contributed by atoms with van der Waals surface area (Å²) in [6.07, 6.45) is 2.42. The van der Waals surface area contributed by atoms with E-state index in [1.165, 1.54) is 0 Å². The molecule has 96 valence electrons. The number of sulfone groups is 1. The van der Waals surface area contributed by atoms with Gasteiger partial charge in [0.2, 0.25) is 0 Å². The summed E-state index contributed by atoms with van der Waals surface area (Å²) in [5.74, 6) is 0.911. The van der Waals surface area contributed by atoms with E-state index in [0.717, 1.165) is 18.4 Å². The molecule has 0 aromatic heterocycles. The van der Waals surface area contributed by atoms with Gasteiger partial charge in [0.25, 0.3) is 0 Å². The lowest BCUT2D eigenvalue weighted by molar-refractivity contribution is 0.590. The molecule has 0 heterocycles. The molecule has 0 aliphatic carbocycles. The fourth-order valence-electron chi connectivity index (χ4n) is 1.50. The highest BCUT2D eigenvalue weighted by Crippen LogP contribution is 2.13. The van der Waals surface area contributed by atoms with E-state index in [0.29, 0.717) is 17.3 Å². The molecule has 2 nitrogen and oxygen atoms in total. The molecule has 1 aromatic rings. The Bertz CT molecular complexity index is 426. The second kappa shape index (κ2) is 7.24. The lowest BCUT2D eigenvalue weighted by Crippen LogP contribution is -2.09. The summed E-state index contributed by atoms with van der Waals surface area (Å²) in [4.78, 5) is 0. The van der Waals surface area contributed by atoms with Gasteiger partial charge in [0, 0.05) is 10.9 Å². The maximum atomic E-state index is 11.8. The zero-order valence-electron chi connectivity index (χ0n) is 9.53. The minimum absolute atomic E-state index is 0.0883. The van der Waals surface area contributed by atoms with Crippen molar-refractivity contribution in [2.24, 2.45) is 0 Å². The van der Waals surface area contributed by atoms with E-state index in [4.69, 9.17) is 23.2 Å². The molecule has 1 aromatic carbocycles. The Morgan fingerprint density at radius 2 is 1.65 bits per heavy atom. The van der Waals surface area contributed by atoms with Crippen molar-refractivity contribution in [1.29, 1.82) is 0 Å². The van der Waals surface area contributed by atoms with Crippen LogP contribution >= 0.6 is 23.2 Å².